The van der Waals surface area contributed by atoms with Crippen molar-refractivity contribution >= 4 is 0 Å². The summed E-state index contributed by atoms with van der Waals surface area (Å²) >= 11 is 0. The third kappa shape index (κ3) is 4.25. The highest BCUT2D eigenvalue weighted by atomic mass is 16.5. The highest BCUT2D eigenvalue weighted by Gasteiger charge is 2.23. The molecule has 0 bridgehead atoms. The summed E-state index contributed by atoms with van der Waals surface area (Å²) in [5, 5.41) is 0. The van der Waals surface area contributed by atoms with Gasteiger partial charge < -0.3 is 9.64 Å². The smallest absolute Gasteiger partial charge is 0.108 e. The molecule has 0 saturated carbocycles. The molecule has 128 valence electrons. The van der Waals surface area contributed by atoms with E-state index in [9.17, 15) is 0 Å². The molecule has 1 unspecified atom stereocenters. The fourth-order valence-electron chi connectivity index (χ4n) is 3.35. The van der Waals surface area contributed by atoms with E-state index in [0.29, 0.717) is 12.0 Å². The normalized spacial score (nSPS) is 18.0. The average Bonchev–Trinajstić information content (AvgIpc) is 2.62. The molecule has 3 rings (SSSR count). The highest BCUT2D eigenvalue weighted by Crippen LogP contribution is 2.30. The van der Waals surface area contributed by atoms with E-state index < -0.39 is 0 Å². The van der Waals surface area contributed by atoms with Crippen LogP contribution >= 0.6 is 0 Å². The van der Waals surface area contributed by atoms with Gasteiger partial charge in [-0.1, -0.05) is 68.4 Å². The lowest BCUT2D eigenvalue weighted by Crippen LogP contribution is -2.35. The Morgan fingerprint density at radius 2 is 1.38 bits per heavy atom. The third-order valence-electron chi connectivity index (χ3n) is 5.00. The molecular weight excluding hydrogens is 294 g/mol. The Bertz CT molecular complexity index is 612. The number of rotatable bonds is 5. The quantitative estimate of drug-likeness (QED) is 0.767. The Labute approximate surface area is 146 Å². The maximum Gasteiger partial charge on any atom is 0.108 e. The molecule has 0 aliphatic carbocycles. The number of benzene rings is 2. The summed E-state index contributed by atoms with van der Waals surface area (Å²) in [6.45, 7) is 6.72. The van der Waals surface area contributed by atoms with Gasteiger partial charge in [-0.2, -0.15) is 0 Å². The Kier molecular flexibility index (Phi) is 5.70. The molecule has 1 heterocycles. The molecule has 1 fully saturated rings. The maximum atomic E-state index is 6.59. The van der Waals surface area contributed by atoms with Crippen LogP contribution in [0.5, 0.6) is 0 Å². The summed E-state index contributed by atoms with van der Waals surface area (Å²) in [6.07, 6.45) is 2.60. The van der Waals surface area contributed by atoms with Gasteiger partial charge in [0.15, 0.2) is 0 Å². The number of hydrogen-bond donors (Lipinski definition) is 0. The Hall–Kier alpha value is -1.64. The molecule has 0 N–H and O–H groups in total. The van der Waals surface area contributed by atoms with Gasteiger partial charge in [-0.05, 0) is 42.5 Å². The number of hydrogen-bond acceptors (Lipinski definition) is 2. The topological polar surface area (TPSA) is 12.5 Å². The Morgan fingerprint density at radius 1 is 0.833 bits per heavy atom. The van der Waals surface area contributed by atoms with Crippen molar-refractivity contribution in [1.29, 1.82) is 0 Å². The van der Waals surface area contributed by atoms with Crippen molar-refractivity contribution in [1.82, 2.24) is 4.90 Å². The molecule has 2 nitrogen and oxygen atoms in total. The summed E-state index contributed by atoms with van der Waals surface area (Å²) in [7, 11) is 2.19. The van der Waals surface area contributed by atoms with Crippen LogP contribution in [0.2, 0.25) is 0 Å². The molecular formula is C22H29NO. The predicted molar refractivity (Wildman–Crippen MR) is 100 cm³/mol. The zero-order valence-electron chi connectivity index (χ0n) is 15.1. The molecule has 1 saturated heterocycles. The zero-order valence-corrected chi connectivity index (χ0v) is 15.1. The van der Waals surface area contributed by atoms with E-state index in [2.05, 4.69) is 80.4 Å². The van der Waals surface area contributed by atoms with Gasteiger partial charge in [-0.25, -0.2) is 0 Å². The van der Waals surface area contributed by atoms with Crippen molar-refractivity contribution in [2.75, 3.05) is 20.1 Å². The number of likely N-dealkylation sites (tertiary alicyclic amines) is 1. The lowest BCUT2D eigenvalue weighted by Gasteiger charge is -2.32. The molecule has 0 spiro atoms. The van der Waals surface area contributed by atoms with Gasteiger partial charge >= 0.3 is 0 Å². The number of nitrogens with zero attached hydrogens (tertiary/aromatic N) is 1. The predicted octanol–water partition coefficient (Wildman–Crippen LogP) is 5.01. The summed E-state index contributed by atoms with van der Waals surface area (Å²) in [4.78, 5) is 2.38. The molecule has 2 aromatic rings. The van der Waals surface area contributed by atoms with E-state index >= 15 is 0 Å². The van der Waals surface area contributed by atoms with Crippen LogP contribution in [0.15, 0.2) is 54.6 Å². The fourth-order valence-corrected chi connectivity index (χ4v) is 3.35. The Balaban J connectivity index is 1.82. The minimum atomic E-state index is 0.0285. The van der Waals surface area contributed by atoms with Crippen LogP contribution in [0.4, 0.5) is 0 Å². The fraction of sp³-hybridized carbons (Fsp3) is 0.455. The molecule has 0 amide bonds. The van der Waals surface area contributed by atoms with E-state index in [0.717, 1.165) is 25.9 Å². The molecule has 2 aromatic carbocycles. The molecule has 24 heavy (non-hydrogen) atoms. The third-order valence-corrected chi connectivity index (χ3v) is 5.00. The molecule has 0 radical (unpaired) electrons. The van der Waals surface area contributed by atoms with Gasteiger partial charge in [-0.15, -0.1) is 0 Å². The minimum absolute atomic E-state index is 0.0285. The van der Waals surface area contributed by atoms with Crippen molar-refractivity contribution in [3.05, 3.63) is 71.3 Å². The highest BCUT2D eigenvalue weighted by molar-refractivity contribution is 5.33. The van der Waals surface area contributed by atoms with Gasteiger partial charge in [0.25, 0.3) is 0 Å². The maximum absolute atomic E-state index is 6.59. The first kappa shape index (κ1) is 17.2. The first-order valence-corrected chi connectivity index (χ1v) is 9.12. The monoisotopic (exact) mass is 323 g/mol. The van der Waals surface area contributed by atoms with E-state index in [1.807, 2.05) is 0 Å². The van der Waals surface area contributed by atoms with Gasteiger partial charge in [-0.3, -0.25) is 0 Å². The summed E-state index contributed by atoms with van der Waals surface area (Å²) in [5.74, 6) is 0.559. The summed E-state index contributed by atoms with van der Waals surface area (Å²) in [6, 6.07) is 19.6. The largest absolute Gasteiger partial charge is 0.365 e. The number of piperidine rings is 1. The van der Waals surface area contributed by atoms with Crippen LogP contribution < -0.4 is 0 Å². The summed E-state index contributed by atoms with van der Waals surface area (Å²) in [5.41, 5.74) is 3.88. The second-order valence-corrected chi connectivity index (χ2v) is 7.25. The molecule has 1 atom stereocenters. The van der Waals surface area contributed by atoms with Crippen molar-refractivity contribution < 1.29 is 4.74 Å². The first-order chi connectivity index (χ1) is 11.6. The second-order valence-electron chi connectivity index (χ2n) is 7.25. The number of ether oxygens (including phenoxy) is 1. The minimum Gasteiger partial charge on any atom is -0.365 e. The first-order valence-electron chi connectivity index (χ1n) is 9.12. The van der Waals surface area contributed by atoms with Gasteiger partial charge in [0.2, 0.25) is 0 Å². The van der Waals surface area contributed by atoms with Crippen LogP contribution in [0.25, 0.3) is 0 Å². The van der Waals surface area contributed by atoms with Gasteiger partial charge in [0, 0.05) is 13.1 Å². The van der Waals surface area contributed by atoms with Crippen LogP contribution in [0.3, 0.4) is 0 Å². The average molecular weight is 323 g/mol. The van der Waals surface area contributed by atoms with E-state index in [4.69, 9.17) is 4.74 Å². The SMILES string of the molecule is CC(C)c1ccc(C(OC2CCN(C)CC2)c2ccccc2)cc1. The van der Waals surface area contributed by atoms with E-state index in [1.165, 1.54) is 16.7 Å². The van der Waals surface area contributed by atoms with Crippen molar-refractivity contribution in [3.8, 4) is 0 Å². The van der Waals surface area contributed by atoms with Crippen molar-refractivity contribution in [2.45, 2.75) is 44.8 Å². The van der Waals surface area contributed by atoms with Crippen molar-refractivity contribution in [3.63, 3.8) is 0 Å². The molecule has 0 aromatic heterocycles. The molecule has 1 aliphatic heterocycles. The van der Waals surface area contributed by atoms with Crippen LogP contribution in [0.1, 0.15) is 55.4 Å². The summed E-state index contributed by atoms with van der Waals surface area (Å²) < 4.78 is 6.59. The van der Waals surface area contributed by atoms with Gasteiger partial charge in [0.05, 0.1) is 6.10 Å². The second kappa shape index (κ2) is 7.96. The van der Waals surface area contributed by atoms with E-state index in [1.54, 1.807) is 0 Å². The van der Waals surface area contributed by atoms with Gasteiger partial charge in [0.1, 0.15) is 6.10 Å². The van der Waals surface area contributed by atoms with Crippen LogP contribution in [-0.2, 0) is 4.74 Å². The standard InChI is InChI=1S/C22H29NO/c1-17(2)18-9-11-20(12-10-18)22(19-7-5-4-6-8-19)24-21-13-15-23(3)16-14-21/h4-12,17,21-22H,13-16H2,1-3H3. The van der Waals surface area contributed by atoms with Crippen LogP contribution in [0, 0.1) is 0 Å². The zero-order chi connectivity index (χ0) is 16.9. The lowest BCUT2D eigenvalue weighted by atomic mass is 9.96. The van der Waals surface area contributed by atoms with Crippen molar-refractivity contribution in [2.24, 2.45) is 0 Å². The lowest BCUT2D eigenvalue weighted by molar-refractivity contribution is -0.0234. The molecule has 1 aliphatic rings. The van der Waals surface area contributed by atoms with E-state index in [-0.39, 0.29) is 6.10 Å². The van der Waals surface area contributed by atoms with Crippen LogP contribution in [-0.4, -0.2) is 31.1 Å². The molecule has 2 heteroatoms. The Morgan fingerprint density at radius 3 is 1.96 bits per heavy atom.